The summed E-state index contributed by atoms with van der Waals surface area (Å²) in [6.07, 6.45) is 2.96. The third-order valence-corrected chi connectivity index (χ3v) is 6.49. The fraction of sp³-hybridized carbons (Fsp3) is 0.429. The van der Waals surface area contributed by atoms with Gasteiger partial charge in [0, 0.05) is 43.6 Å². The summed E-state index contributed by atoms with van der Waals surface area (Å²) in [5, 5.41) is 4.68. The average Bonchev–Trinajstić information content (AvgIpc) is 3.13. The van der Waals surface area contributed by atoms with Crippen molar-refractivity contribution in [3.05, 3.63) is 42.1 Å². The minimum absolute atomic E-state index is 0.722. The predicted octanol–water partition coefficient (Wildman–Crippen LogP) is 3.72. The molecule has 0 bridgehead atoms. The molecule has 3 aromatic rings. The van der Waals surface area contributed by atoms with E-state index in [1.165, 1.54) is 46.7 Å². The van der Waals surface area contributed by atoms with Gasteiger partial charge in [-0.2, -0.15) is 0 Å². The number of anilines is 1. The van der Waals surface area contributed by atoms with Crippen molar-refractivity contribution < 1.29 is 0 Å². The summed E-state index contributed by atoms with van der Waals surface area (Å²) in [6, 6.07) is 10.7. The lowest BCUT2D eigenvalue weighted by Gasteiger charge is -2.32. The fourth-order valence-electron chi connectivity index (χ4n) is 3.49. The molecule has 4 rings (SSSR count). The van der Waals surface area contributed by atoms with Crippen LogP contribution in [0.2, 0.25) is 0 Å². The minimum Gasteiger partial charge on any atom is -0.354 e. The highest BCUT2D eigenvalue weighted by Crippen LogP contribution is 2.34. The molecular formula is C21H27N5S. The van der Waals surface area contributed by atoms with Crippen molar-refractivity contribution in [3.8, 4) is 10.6 Å². The lowest BCUT2D eigenvalue weighted by molar-refractivity contribution is 0.154. The molecule has 1 saturated heterocycles. The Hall–Kier alpha value is -2.02. The summed E-state index contributed by atoms with van der Waals surface area (Å²) in [7, 11) is 2.20. The van der Waals surface area contributed by atoms with Crippen LogP contribution in [-0.4, -0.2) is 66.1 Å². The number of benzene rings is 1. The van der Waals surface area contributed by atoms with Crippen molar-refractivity contribution in [2.45, 2.75) is 13.3 Å². The summed E-state index contributed by atoms with van der Waals surface area (Å²) in [5.41, 5.74) is 2.31. The first kappa shape index (κ1) is 18.3. The number of hydrogen-bond donors (Lipinski definition) is 1. The van der Waals surface area contributed by atoms with Gasteiger partial charge in [-0.1, -0.05) is 18.2 Å². The van der Waals surface area contributed by atoms with Gasteiger partial charge >= 0.3 is 0 Å². The van der Waals surface area contributed by atoms with Gasteiger partial charge in [0.15, 0.2) is 0 Å². The number of aryl methyl sites for hydroxylation is 1. The molecule has 1 N–H and O–H groups in total. The molecule has 5 nitrogen and oxygen atoms in total. The van der Waals surface area contributed by atoms with Crippen molar-refractivity contribution in [1.82, 2.24) is 19.8 Å². The van der Waals surface area contributed by atoms with Crippen LogP contribution in [-0.2, 0) is 0 Å². The second-order valence-corrected chi connectivity index (χ2v) is 8.35. The van der Waals surface area contributed by atoms with Crippen LogP contribution in [0.5, 0.6) is 0 Å². The normalized spacial score (nSPS) is 16.1. The third-order valence-electron chi connectivity index (χ3n) is 5.18. The number of hydrogen-bond acceptors (Lipinski definition) is 6. The summed E-state index contributed by atoms with van der Waals surface area (Å²) in [6.45, 7) is 8.90. The van der Waals surface area contributed by atoms with E-state index >= 15 is 0 Å². The van der Waals surface area contributed by atoms with E-state index < -0.39 is 0 Å². The Bertz CT molecular complexity index is 898. The van der Waals surface area contributed by atoms with Gasteiger partial charge < -0.3 is 15.1 Å². The Morgan fingerprint density at radius 3 is 2.81 bits per heavy atom. The highest BCUT2D eigenvalue weighted by Gasteiger charge is 2.13. The predicted molar refractivity (Wildman–Crippen MR) is 115 cm³/mol. The molecule has 1 aromatic carbocycles. The Labute approximate surface area is 165 Å². The standard InChI is InChI=1S/C21H27N5S/c1-16-5-3-6-17-15-19(27-20(16)17)18-7-9-23-21(24-18)22-8-4-10-26-13-11-25(2)12-14-26/h3,5-7,9,15H,4,8,10-14H2,1-2H3,(H,22,23,24). The molecular weight excluding hydrogens is 354 g/mol. The quantitative estimate of drug-likeness (QED) is 0.660. The molecule has 0 radical (unpaired) electrons. The van der Waals surface area contributed by atoms with E-state index in [-0.39, 0.29) is 0 Å². The molecule has 0 saturated carbocycles. The van der Waals surface area contributed by atoms with Crippen LogP contribution < -0.4 is 5.32 Å². The number of piperazine rings is 1. The molecule has 1 fully saturated rings. The average molecular weight is 382 g/mol. The zero-order valence-electron chi connectivity index (χ0n) is 16.1. The zero-order chi connectivity index (χ0) is 18.6. The van der Waals surface area contributed by atoms with Gasteiger partial charge in [-0.25, -0.2) is 9.97 Å². The Kier molecular flexibility index (Phi) is 5.66. The second-order valence-electron chi connectivity index (χ2n) is 7.29. The van der Waals surface area contributed by atoms with Crippen LogP contribution in [0, 0.1) is 6.92 Å². The molecule has 1 aliphatic rings. The lowest BCUT2D eigenvalue weighted by atomic mass is 10.2. The van der Waals surface area contributed by atoms with E-state index in [0.29, 0.717) is 0 Å². The highest BCUT2D eigenvalue weighted by atomic mass is 32.1. The summed E-state index contributed by atoms with van der Waals surface area (Å²) >= 11 is 1.80. The van der Waals surface area contributed by atoms with E-state index in [9.17, 15) is 0 Å². The fourth-order valence-corrected chi connectivity index (χ4v) is 4.59. The summed E-state index contributed by atoms with van der Waals surface area (Å²) in [4.78, 5) is 15.3. The number of thiophene rings is 1. The molecule has 0 unspecified atom stereocenters. The molecule has 0 atom stereocenters. The number of aromatic nitrogens is 2. The van der Waals surface area contributed by atoms with Crippen molar-refractivity contribution in [1.29, 1.82) is 0 Å². The summed E-state index contributed by atoms with van der Waals surface area (Å²) in [5.74, 6) is 0.722. The number of nitrogens with one attached hydrogen (secondary N) is 1. The maximum atomic E-state index is 4.73. The first-order valence-electron chi connectivity index (χ1n) is 9.66. The second kappa shape index (κ2) is 8.33. The topological polar surface area (TPSA) is 44.3 Å². The Morgan fingerprint density at radius 2 is 2.00 bits per heavy atom. The van der Waals surface area contributed by atoms with E-state index in [4.69, 9.17) is 4.98 Å². The third kappa shape index (κ3) is 4.46. The number of likely N-dealkylation sites (N-methyl/N-ethyl adjacent to an activating group) is 1. The first-order chi connectivity index (χ1) is 13.2. The number of rotatable bonds is 6. The smallest absolute Gasteiger partial charge is 0.223 e. The van der Waals surface area contributed by atoms with Gasteiger partial charge in [0.2, 0.25) is 5.95 Å². The molecule has 0 amide bonds. The van der Waals surface area contributed by atoms with Crippen LogP contribution in [0.4, 0.5) is 5.95 Å². The van der Waals surface area contributed by atoms with E-state index in [1.54, 1.807) is 11.3 Å². The maximum absolute atomic E-state index is 4.73. The molecule has 1 aliphatic heterocycles. The molecule has 3 heterocycles. The largest absolute Gasteiger partial charge is 0.354 e. The van der Waals surface area contributed by atoms with Crippen LogP contribution >= 0.6 is 11.3 Å². The van der Waals surface area contributed by atoms with Gasteiger partial charge in [0.25, 0.3) is 0 Å². The van der Waals surface area contributed by atoms with Crippen molar-refractivity contribution in [2.24, 2.45) is 0 Å². The van der Waals surface area contributed by atoms with E-state index in [0.717, 1.165) is 31.2 Å². The SMILES string of the molecule is Cc1cccc2cc(-c3ccnc(NCCCN4CCN(C)CC4)n3)sc12. The van der Waals surface area contributed by atoms with Crippen molar-refractivity contribution in [3.63, 3.8) is 0 Å². The van der Waals surface area contributed by atoms with Crippen LogP contribution in [0.1, 0.15) is 12.0 Å². The van der Waals surface area contributed by atoms with Gasteiger partial charge in [-0.05, 0) is 50.0 Å². The molecule has 27 heavy (non-hydrogen) atoms. The van der Waals surface area contributed by atoms with Gasteiger partial charge in [-0.15, -0.1) is 11.3 Å². The molecule has 0 spiro atoms. The molecule has 2 aromatic heterocycles. The highest BCUT2D eigenvalue weighted by molar-refractivity contribution is 7.22. The van der Waals surface area contributed by atoms with Crippen molar-refractivity contribution >= 4 is 27.4 Å². The number of nitrogens with zero attached hydrogens (tertiary/aromatic N) is 4. The maximum Gasteiger partial charge on any atom is 0.223 e. The van der Waals surface area contributed by atoms with Crippen LogP contribution in [0.3, 0.4) is 0 Å². The number of fused-ring (bicyclic) bond motifs is 1. The van der Waals surface area contributed by atoms with Gasteiger partial charge in [0.05, 0.1) is 10.6 Å². The molecule has 6 heteroatoms. The first-order valence-corrected chi connectivity index (χ1v) is 10.5. The summed E-state index contributed by atoms with van der Waals surface area (Å²) < 4.78 is 1.34. The van der Waals surface area contributed by atoms with Gasteiger partial charge in [-0.3, -0.25) is 0 Å². The van der Waals surface area contributed by atoms with Gasteiger partial charge in [0.1, 0.15) is 0 Å². The monoisotopic (exact) mass is 381 g/mol. The lowest BCUT2D eigenvalue weighted by Crippen LogP contribution is -2.44. The molecule has 0 aliphatic carbocycles. The van der Waals surface area contributed by atoms with Crippen LogP contribution in [0.15, 0.2) is 36.5 Å². The zero-order valence-corrected chi connectivity index (χ0v) is 16.9. The Morgan fingerprint density at radius 1 is 1.15 bits per heavy atom. The van der Waals surface area contributed by atoms with E-state index in [2.05, 4.69) is 58.3 Å². The minimum atomic E-state index is 0.722. The Balaban J connectivity index is 1.35. The van der Waals surface area contributed by atoms with Crippen LogP contribution in [0.25, 0.3) is 20.7 Å². The molecule has 142 valence electrons. The van der Waals surface area contributed by atoms with E-state index in [1.807, 2.05) is 12.3 Å². The van der Waals surface area contributed by atoms with Crippen molar-refractivity contribution in [2.75, 3.05) is 51.6 Å².